The van der Waals surface area contributed by atoms with E-state index in [-0.39, 0.29) is 11.1 Å². The maximum atomic E-state index is 6.11. The van der Waals surface area contributed by atoms with Crippen LogP contribution in [0.15, 0.2) is 24.8 Å². The lowest BCUT2D eigenvalue weighted by atomic mass is 10.2. The molecule has 0 radical (unpaired) electrons. The van der Waals surface area contributed by atoms with Gasteiger partial charge >= 0.3 is 0 Å². The van der Waals surface area contributed by atoms with Crippen molar-refractivity contribution in [2.75, 3.05) is 0 Å². The summed E-state index contributed by atoms with van der Waals surface area (Å²) >= 11 is 0. The lowest BCUT2D eigenvalue weighted by molar-refractivity contribution is 0.243. The van der Waals surface area contributed by atoms with E-state index in [1.165, 1.54) is 0 Å². The summed E-state index contributed by atoms with van der Waals surface area (Å²) in [6.07, 6.45) is 5.96. The second-order valence-electron chi connectivity index (χ2n) is 5.20. The van der Waals surface area contributed by atoms with Crippen molar-refractivity contribution >= 4 is 8.32 Å². The topological polar surface area (TPSA) is 9.23 Å². The van der Waals surface area contributed by atoms with Crippen LogP contribution in [0.25, 0.3) is 0 Å². The van der Waals surface area contributed by atoms with Gasteiger partial charge in [-0.05, 0) is 25.1 Å². The molecule has 0 aromatic rings. The Hall–Kier alpha value is -0.343. The zero-order chi connectivity index (χ0) is 11.4. The lowest BCUT2D eigenvalue weighted by Crippen LogP contribution is -2.42. The molecule has 2 heteroatoms. The third-order valence-corrected chi connectivity index (χ3v) is 7.38. The molecule has 0 heterocycles. The first-order valence-electron chi connectivity index (χ1n) is 5.18. The Balaban J connectivity index is 4.36. The van der Waals surface area contributed by atoms with Gasteiger partial charge in [0.15, 0.2) is 8.32 Å². The average molecular weight is 212 g/mol. The van der Waals surface area contributed by atoms with Crippen molar-refractivity contribution in [1.29, 1.82) is 0 Å². The summed E-state index contributed by atoms with van der Waals surface area (Å²) in [4.78, 5) is 0. The van der Waals surface area contributed by atoms with Crippen molar-refractivity contribution in [3.8, 4) is 0 Å². The second-order valence-corrected chi connectivity index (χ2v) is 9.96. The molecule has 1 unspecified atom stereocenters. The van der Waals surface area contributed by atoms with E-state index < -0.39 is 8.32 Å². The van der Waals surface area contributed by atoms with E-state index in [2.05, 4.69) is 47.4 Å². The summed E-state index contributed by atoms with van der Waals surface area (Å²) in [7, 11) is -1.60. The minimum absolute atomic E-state index is 0.189. The molecule has 0 aliphatic heterocycles. The Morgan fingerprint density at radius 2 is 1.79 bits per heavy atom. The van der Waals surface area contributed by atoms with Crippen LogP contribution < -0.4 is 0 Å². The molecule has 0 aromatic carbocycles. The van der Waals surface area contributed by atoms with Gasteiger partial charge in [-0.2, -0.15) is 0 Å². The van der Waals surface area contributed by atoms with E-state index in [1.54, 1.807) is 6.08 Å². The zero-order valence-electron chi connectivity index (χ0n) is 10.4. The molecule has 1 atom stereocenters. The van der Waals surface area contributed by atoms with Gasteiger partial charge in [0.1, 0.15) is 0 Å². The molecule has 0 spiro atoms. The molecule has 0 bridgehead atoms. The fourth-order valence-corrected chi connectivity index (χ4v) is 2.28. The molecule has 0 saturated carbocycles. The summed E-state index contributed by atoms with van der Waals surface area (Å²) < 4.78 is 6.11. The molecule has 0 amide bonds. The smallest absolute Gasteiger partial charge is 0.192 e. The van der Waals surface area contributed by atoms with Crippen LogP contribution >= 0.6 is 0 Å². The van der Waals surface area contributed by atoms with Gasteiger partial charge in [-0.15, -0.1) is 0 Å². The van der Waals surface area contributed by atoms with E-state index in [0.29, 0.717) is 0 Å². The molecule has 0 fully saturated rings. The largest absolute Gasteiger partial charge is 0.411 e. The second kappa shape index (κ2) is 4.94. The van der Waals surface area contributed by atoms with Crippen LogP contribution in [0.3, 0.4) is 0 Å². The molecule has 1 nitrogen and oxygen atoms in total. The fraction of sp³-hybridized carbons (Fsp3) is 0.667. The molecule has 0 N–H and O–H groups in total. The normalized spacial score (nSPS) is 15.9. The Morgan fingerprint density at radius 1 is 1.29 bits per heavy atom. The first-order chi connectivity index (χ1) is 6.20. The summed E-state index contributed by atoms with van der Waals surface area (Å²) in [5.41, 5.74) is 0. The molecule has 14 heavy (non-hydrogen) atoms. The maximum Gasteiger partial charge on any atom is 0.192 e. The number of hydrogen-bond acceptors (Lipinski definition) is 1. The SMILES string of the molecule is C=C/C=C/C(C)O[Si](C)(C)C(C)(C)C. The molecule has 0 saturated heterocycles. The van der Waals surface area contributed by atoms with Crippen LogP contribution in [0.4, 0.5) is 0 Å². The van der Waals surface area contributed by atoms with Crippen LogP contribution in [-0.2, 0) is 4.43 Å². The first kappa shape index (κ1) is 13.7. The number of allylic oxidation sites excluding steroid dienone is 2. The van der Waals surface area contributed by atoms with Crippen LogP contribution in [0, 0.1) is 0 Å². The van der Waals surface area contributed by atoms with Crippen molar-refractivity contribution in [1.82, 2.24) is 0 Å². The van der Waals surface area contributed by atoms with Crippen LogP contribution in [0.2, 0.25) is 18.1 Å². The standard InChI is InChI=1S/C12H24OSi/c1-8-9-10-11(2)13-14(6,7)12(3,4)5/h8-11H,1H2,2-7H3/b10-9+. The predicted octanol–water partition coefficient (Wildman–Crippen LogP) is 4.14. The van der Waals surface area contributed by atoms with Gasteiger partial charge in [0.25, 0.3) is 0 Å². The minimum atomic E-state index is -1.60. The van der Waals surface area contributed by atoms with Crippen LogP contribution in [0.1, 0.15) is 27.7 Å². The van der Waals surface area contributed by atoms with E-state index in [9.17, 15) is 0 Å². The monoisotopic (exact) mass is 212 g/mol. The minimum Gasteiger partial charge on any atom is -0.411 e. The van der Waals surface area contributed by atoms with E-state index in [4.69, 9.17) is 4.43 Å². The van der Waals surface area contributed by atoms with Gasteiger partial charge in [0, 0.05) is 0 Å². The molecule has 82 valence electrons. The molecule has 0 rings (SSSR count). The molecule has 0 aliphatic rings. The van der Waals surface area contributed by atoms with Gasteiger partial charge in [-0.25, -0.2) is 0 Å². The lowest BCUT2D eigenvalue weighted by Gasteiger charge is -2.37. The number of hydrogen-bond donors (Lipinski definition) is 0. The highest BCUT2D eigenvalue weighted by Gasteiger charge is 2.37. The van der Waals surface area contributed by atoms with Crippen LogP contribution in [0.5, 0.6) is 0 Å². The Bertz CT molecular complexity index is 211. The third kappa shape index (κ3) is 4.25. The Kier molecular flexibility index (Phi) is 4.82. The predicted molar refractivity (Wildman–Crippen MR) is 67.1 cm³/mol. The van der Waals surface area contributed by atoms with Crippen LogP contribution in [-0.4, -0.2) is 14.4 Å². The molecular formula is C12H24OSi. The van der Waals surface area contributed by atoms with Gasteiger partial charge < -0.3 is 4.43 Å². The highest BCUT2D eigenvalue weighted by Crippen LogP contribution is 2.37. The zero-order valence-corrected chi connectivity index (χ0v) is 11.4. The Morgan fingerprint density at radius 3 is 2.14 bits per heavy atom. The molecular weight excluding hydrogens is 188 g/mol. The van der Waals surface area contributed by atoms with E-state index in [0.717, 1.165) is 0 Å². The van der Waals surface area contributed by atoms with Crippen molar-refractivity contribution in [2.45, 2.75) is 51.9 Å². The summed E-state index contributed by atoms with van der Waals surface area (Å²) in [5.74, 6) is 0. The summed E-state index contributed by atoms with van der Waals surface area (Å²) in [6.45, 7) is 17.0. The maximum absolute atomic E-state index is 6.11. The van der Waals surface area contributed by atoms with E-state index >= 15 is 0 Å². The van der Waals surface area contributed by atoms with E-state index in [1.807, 2.05) is 12.2 Å². The van der Waals surface area contributed by atoms with Crippen molar-refractivity contribution in [3.63, 3.8) is 0 Å². The van der Waals surface area contributed by atoms with Gasteiger partial charge in [-0.3, -0.25) is 0 Å². The first-order valence-corrected chi connectivity index (χ1v) is 8.08. The van der Waals surface area contributed by atoms with Gasteiger partial charge in [-0.1, -0.05) is 45.6 Å². The fourth-order valence-electron chi connectivity index (χ4n) is 0.916. The quantitative estimate of drug-likeness (QED) is 0.503. The average Bonchev–Trinajstić information content (AvgIpc) is 1.97. The molecule has 0 aromatic heterocycles. The van der Waals surface area contributed by atoms with Gasteiger partial charge in [0.2, 0.25) is 0 Å². The van der Waals surface area contributed by atoms with Crippen molar-refractivity contribution < 1.29 is 4.43 Å². The van der Waals surface area contributed by atoms with Crippen molar-refractivity contribution in [3.05, 3.63) is 24.8 Å². The highest BCUT2D eigenvalue weighted by atomic mass is 28.4. The molecule has 0 aliphatic carbocycles. The third-order valence-electron chi connectivity index (χ3n) is 2.80. The highest BCUT2D eigenvalue weighted by molar-refractivity contribution is 6.74. The Labute approximate surface area is 90.0 Å². The summed E-state index contributed by atoms with van der Waals surface area (Å²) in [6, 6.07) is 0. The van der Waals surface area contributed by atoms with Crippen molar-refractivity contribution in [2.24, 2.45) is 0 Å². The summed E-state index contributed by atoms with van der Waals surface area (Å²) in [5, 5.41) is 0.281. The number of rotatable bonds is 4. The van der Waals surface area contributed by atoms with Gasteiger partial charge in [0.05, 0.1) is 6.10 Å².